The van der Waals surface area contributed by atoms with E-state index >= 15 is 0 Å². The van der Waals surface area contributed by atoms with Crippen LogP contribution in [-0.4, -0.2) is 21.5 Å². The van der Waals surface area contributed by atoms with Crippen molar-refractivity contribution in [2.24, 2.45) is 5.73 Å². The summed E-state index contributed by atoms with van der Waals surface area (Å²) in [6.45, 7) is 2.43. The van der Waals surface area contributed by atoms with Crippen molar-refractivity contribution in [2.75, 3.05) is 12.3 Å². The van der Waals surface area contributed by atoms with Gasteiger partial charge >= 0.3 is 0 Å². The van der Waals surface area contributed by atoms with Crippen molar-refractivity contribution < 1.29 is 4.21 Å². The van der Waals surface area contributed by atoms with Crippen LogP contribution in [0.4, 0.5) is 0 Å². The van der Waals surface area contributed by atoms with Gasteiger partial charge in [-0.1, -0.05) is 0 Å². The van der Waals surface area contributed by atoms with Crippen LogP contribution in [0.3, 0.4) is 0 Å². The molecule has 0 amide bonds. The van der Waals surface area contributed by atoms with E-state index in [2.05, 4.69) is 4.98 Å². The largest absolute Gasteiger partial charge is 0.330 e. The highest BCUT2D eigenvalue weighted by Crippen LogP contribution is 2.09. The van der Waals surface area contributed by atoms with Crippen molar-refractivity contribution in [3.8, 4) is 0 Å². The van der Waals surface area contributed by atoms with E-state index < -0.39 is 10.8 Å². The summed E-state index contributed by atoms with van der Waals surface area (Å²) in [6.07, 6.45) is 0. The molecule has 1 unspecified atom stereocenters. The summed E-state index contributed by atoms with van der Waals surface area (Å²) in [6, 6.07) is 0. The first-order valence-corrected chi connectivity index (χ1v) is 6.05. The summed E-state index contributed by atoms with van der Waals surface area (Å²) in [5.41, 5.74) is 6.20. The molecule has 1 heterocycles. The van der Waals surface area contributed by atoms with E-state index in [0.717, 1.165) is 10.7 Å². The van der Waals surface area contributed by atoms with E-state index in [1.54, 1.807) is 11.3 Å². The number of aryl methyl sites for hydroxylation is 1. The Kier molecular flexibility index (Phi) is 3.84. The van der Waals surface area contributed by atoms with Gasteiger partial charge in [-0.25, -0.2) is 4.98 Å². The molecule has 0 spiro atoms. The third-order valence-corrected chi connectivity index (χ3v) is 3.45. The van der Waals surface area contributed by atoms with Gasteiger partial charge in [-0.3, -0.25) is 4.21 Å². The van der Waals surface area contributed by atoms with E-state index in [-0.39, 0.29) is 0 Å². The molecule has 0 aliphatic rings. The van der Waals surface area contributed by atoms with Gasteiger partial charge in [0.2, 0.25) is 0 Å². The zero-order valence-electron chi connectivity index (χ0n) is 6.95. The first-order chi connectivity index (χ1) is 5.72. The van der Waals surface area contributed by atoms with Crippen LogP contribution in [-0.2, 0) is 16.6 Å². The Balaban J connectivity index is 2.46. The minimum absolute atomic E-state index is 0.482. The van der Waals surface area contributed by atoms with E-state index in [9.17, 15) is 4.21 Å². The first kappa shape index (κ1) is 9.83. The summed E-state index contributed by atoms with van der Waals surface area (Å²) in [5.74, 6) is 1.11. The maximum absolute atomic E-state index is 11.2. The van der Waals surface area contributed by atoms with Crippen molar-refractivity contribution in [1.82, 2.24) is 4.98 Å². The maximum Gasteiger partial charge on any atom is 0.0897 e. The number of nitrogens with zero attached hydrogens (tertiary/aromatic N) is 1. The second kappa shape index (κ2) is 4.69. The maximum atomic E-state index is 11.2. The van der Waals surface area contributed by atoms with Gasteiger partial charge in [0.15, 0.2) is 0 Å². The van der Waals surface area contributed by atoms with Crippen LogP contribution in [0.2, 0.25) is 0 Å². The Morgan fingerprint density at radius 2 is 2.50 bits per heavy atom. The molecule has 0 fully saturated rings. The monoisotopic (exact) mass is 204 g/mol. The molecule has 1 aromatic rings. The lowest BCUT2D eigenvalue weighted by atomic mass is 10.6. The van der Waals surface area contributed by atoms with Gasteiger partial charge in [-0.15, -0.1) is 11.3 Å². The summed E-state index contributed by atoms with van der Waals surface area (Å²) in [7, 11) is -0.839. The molecule has 0 radical (unpaired) electrons. The lowest BCUT2D eigenvalue weighted by Crippen LogP contribution is -2.11. The van der Waals surface area contributed by atoms with Crippen molar-refractivity contribution in [3.63, 3.8) is 0 Å². The SMILES string of the molecule is Cc1nc(CS(=O)CCN)cs1. The van der Waals surface area contributed by atoms with E-state index in [1.165, 1.54) is 0 Å². The number of hydrogen-bond acceptors (Lipinski definition) is 4. The summed E-state index contributed by atoms with van der Waals surface area (Å²) >= 11 is 1.59. The normalized spacial score (nSPS) is 13.2. The van der Waals surface area contributed by atoms with Gasteiger partial charge < -0.3 is 5.73 Å². The molecular weight excluding hydrogens is 192 g/mol. The van der Waals surface area contributed by atoms with Gasteiger partial charge in [0.1, 0.15) is 0 Å². The zero-order valence-corrected chi connectivity index (χ0v) is 8.58. The Bertz CT molecular complexity index is 272. The van der Waals surface area contributed by atoms with Crippen molar-refractivity contribution in [3.05, 3.63) is 16.1 Å². The summed E-state index contributed by atoms with van der Waals surface area (Å²) in [5, 5.41) is 2.97. The van der Waals surface area contributed by atoms with E-state index in [4.69, 9.17) is 5.73 Å². The Hall–Kier alpha value is -0.260. The highest BCUT2D eigenvalue weighted by Gasteiger charge is 2.03. The molecule has 12 heavy (non-hydrogen) atoms. The van der Waals surface area contributed by atoms with Gasteiger partial charge in [0.05, 0.1) is 16.5 Å². The molecule has 0 aliphatic heterocycles. The Morgan fingerprint density at radius 1 is 1.75 bits per heavy atom. The van der Waals surface area contributed by atoms with Gasteiger partial charge in [-0.2, -0.15) is 0 Å². The number of nitrogens with two attached hydrogens (primary N) is 1. The average Bonchev–Trinajstić information content (AvgIpc) is 2.36. The molecule has 0 saturated heterocycles. The van der Waals surface area contributed by atoms with Crippen LogP contribution in [0.1, 0.15) is 10.7 Å². The topological polar surface area (TPSA) is 56.0 Å². The fourth-order valence-corrected chi connectivity index (χ4v) is 2.45. The van der Waals surface area contributed by atoms with Crippen LogP contribution in [0.25, 0.3) is 0 Å². The van der Waals surface area contributed by atoms with Gasteiger partial charge in [-0.05, 0) is 6.92 Å². The molecule has 0 bridgehead atoms. The zero-order chi connectivity index (χ0) is 8.97. The van der Waals surface area contributed by atoms with Crippen LogP contribution >= 0.6 is 11.3 Å². The van der Waals surface area contributed by atoms with Crippen molar-refractivity contribution in [1.29, 1.82) is 0 Å². The molecule has 5 heteroatoms. The van der Waals surface area contributed by atoms with Crippen LogP contribution in [0, 0.1) is 6.92 Å². The molecule has 1 rings (SSSR count). The Morgan fingerprint density at radius 3 is 3.00 bits per heavy atom. The predicted octanol–water partition coefficient (Wildman–Crippen LogP) is 0.659. The van der Waals surface area contributed by atoms with E-state index in [0.29, 0.717) is 18.1 Å². The molecule has 3 nitrogen and oxygen atoms in total. The van der Waals surface area contributed by atoms with E-state index in [1.807, 2.05) is 12.3 Å². The van der Waals surface area contributed by atoms with Crippen LogP contribution < -0.4 is 5.73 Å². The Labute approximate surface area is 78.5 Å². The van der Waals surface area contributed by atoms with Crippen LogP contribution in [0.5, 0.6) is 0 Å². The average molecular weight is 204 g/mol. The fourth-order valence-electron chi connectivity index (χ4n) is 0.843. The third kappa shape index (κ3) is 3.00. The third-order valence-electron chi connectivity index (χ3n) is 1.32. The predicted molar refractivity (Wildman–Crippen MR) is 52.6 cm³/mol. The number of hydrogen-bond donors (Lipinski definition) is 1. The quantitative estimate of drug-likeness (QED) is 0.784. The highest BCUT2D eigenvalue weighted by atomic mass is 32.2. The molecular formula is C7H12N2OS2. The van der Waals surface area contributed by atoms with Crippen molar-refractivity contribution in [2.45, 2.75) is 12.7 Å². The summed E-state index contributed by atoms with van der Waals surface area (Å²) in [4.78, 5) is 4.22. The highest BCUT2D eigenvalue weighted by molar-refractivity contribution is 7.84. The summed E-state index contributed by atoms with van der Waals surface area (Å²) < 4.78 is 11.2. The second-order valence-corrected chi connectivity index (χ2v) is 5.07. The molecule has 2 N–H and O–H groups in total. The second-order valence-electron chi connectivity index (χ2n) is 2.43. The lowest BCUT2D eigenvalue weighted by molar-refractivity contribution is 0.682. The van der Waals surface area contributed by atoms with Crippen molar-refractivity contribution >= 4 is 22.1 Å². The molecule has 1 aromatic heterocycles. The van der Waals surface area contributed by atoms with Crippen LogP contribution in [0.15, 0.2) is 5.38 Å². The lowest BCUT2D eigenvalue weighted by Gasteiger charge is -1.95. The fraction of sp³-hybridized carbons (Fsp3) is 0.571. The standard InChI is InChI=1S/C7H12N2OS2/c1-6-9-7(4-11-6)5-12(10)3-2-8/h4H,2-3,5,8H2,1H3. The smallest absolute Gasteiger partial charge is 0.0897 e. The molecule has 68 valence electrons. The number of aromatic nitrogens is 1. The first-order valence-electron chi connectivity index (χ1n) is 3.68. The molecule has 0 aliphatic carbocycles. The molecule has 0 aromatic carbocycles. The minimum Gasteiger partial charge on any atom is -0.330 e. The molecule has 1 atom stereocenters. The number of rotatable bonds is 4. The minimum atomic E-state index is -0.839. The van der Waals surface area contributed by atoms with Gasteiger partial charge in [0.25, 0.3) is 0 Å². The number of thiazole rings is 1. The molecule has 0 saturated carbocycles. The van der Waals surface area contributed by atoms with Gasteiger partial charge in [0, 0.05) is 28.5 Å².